The summed E-state index contributed by atoms with van der Waals surface area (Å²) in [5.41, 5.74) is 1.03. The number of nitrogens with one attached hydrogen (secondary N) is 1. The lowest BCUT2D eigenvalue weighted by Gasteiger charge is -2.35. The Bertz CT molecular complexity index is 491. The number of fused-ring (bicyclic) bond motifs is 1. The van der Waals surface area contributed by atoms with E-state index in [4.69, 9.17) is 4.74 Å². The molecule has 1 N–H and O–H groups in total. The molecule has 3 rings (SSSR count). The molecule has 2 aliphatic heterocycles. The smallest absolute Gasteiger partial charge is 0.324 e. The minimum Gasteiger partial charge on any atom is -0.379 e. The van der Waals surface area contributed by atoms with Crippen molar-refractivity contribution in [1.29, 1.82) is 0 Å². The fourth-order valence-corrected chi connectivity index (χ4v) is 2.65. The van der Waals surface area contributed by atoms with Crippen molar-refractivity contribution >= 4 is 27.8 Å². The van der Waals surface area contributed by atoms with Crippen LogP contribution in [0.15, 0.2) is 16.7 Å². The molecule has 102 valence electrons. The molecular formula is C12H15BrN4O2. The lowest BCUT2D eigenvalue weighted by atomic mass is 10.2. The van der Waals surface area contributed by atoms with Crippen molar-refractivity contribution in [2.75, 3.05) is 38.3 Å². The third kappa shape index (κ3) is 2.88. The van der Waals surface area contributed by atoms with Crippen LogP contribution in [0.3, 0.4) is 0 Å². The molecule has 0 saturated carbocycles. The van der Waals surface area contributed by atoms with Gasteiger partial charge in [0.05, 0.1) is 26.4 Å². The maximum atomic E-state index is 12.0. The summed E-state index contributed by atoms with van der Waals surface area (Å²) >= 11 is 3.40. The molecule has 0 atom stereocenters. The van der Waals surface area contributed by atoms with E-state index >= 15 is 0 Å². The third-order valence-corrected chi connectivity index (χ3v) is 3.72. The lowest BCUT2D eigenvalue weighted by Crippen LogP contribution is -2.48. The Labute approximate surface area is 119 Å². The minimum atomic E-state index is -0.0891. The molecule has 0 unspecified atom stereocenters. The lowest BCUT2D eigenvalue weighted by molar-refractivity contribution is 0.0164. The van der Waals surface area contributed by atoms with Crippen molar-refractivity contribution < 1.29 is 9.53 Å². The van der Waals surface area contributed by atoms with Gasteiger partial charge in [0.25, 0.3) is 0 Å². The van der Waals surface area contributed by atoms with Crippen molar-refractivity contribution in [1.82, 2.24) is 14.8 Å². The van der Waals surface area contributed by atoms with Gasteiger partial charge in [-0.15, -0.1) is 0 Å². The second kappa shape index (κ2) is 5.44. The molecule has 1 fully saturated rings. The van der Waals surface area contributed by atoms with E-state index in [0.29, 0.717) is 19.0 Å². The number of hydrogen-bond acceptors (Lipinski definition) is 4. The van der Waals surface area contributed by atoms with E-state index in [0.717, 1.165) is 36.3 Å². The van der Waals surface area contributed by atoms with Crippen LogP contribution in [0.25, 0.3) is 0 Å². The Morgan fingerprint density at radius 1 is 1.42 bits per heavy atom. The van der Waals surface area contributed by atoms with Crippen molar-refractivity contribution in [3.63, 3.8) is 0 Å². The SMILES string of the molecule is O=C1Nc2ncc(Br)cc2CN1CN1CCOCC1. The summed E-state index contributed by atoms with van der Waals surface area (Å²) < 4.78 is 6.24. The Balaban J connectivity index is 1.71. The summed E-state index contributed by atoms with van der Waals surface area (Å²) in [6, 6.07) is 1.91. The van der Waals surface area contributed by atoms with Crippen LogP contribution in [0.1, 0.15) is 5.56 Å². The van der Waals surface area contributed by atoms with E-state index in [1.54, 1.807) is 11.1 Å². The first-order valence-corrected chi connectivity index (χ1v) is 7.02. The predicted octanol–water partition coefficient (Wildman–Crippen LogP) is 1.48. The normalized spacial score (nSPS) is 20.1. The second-order valence-corrected chi connectivity index (χ2v) is 5.58. The van der Waals surface area contributed by atoms with Crippen LogP contribution in [0, 0.1) is 0 Å². The van der Waals surface area contributed by atoms with E-state index in [1.807, 2.05) is 6.07 Å². The van der Waals surface area contributed by atoms with Gasteiger partial charge in [0.15, 0.2) is 0 Å². The van der Waals surface area contributed by atoms with E-state index in [-0.39, 0.29) is 6.03 Å². The molecular weight excluding hydrogens is 312 g/mol. The number of hydrogen-bond donors (Lipinski definition) is 1. The summed E-state index contributed by atoms with van der Waals surface area (Å²) in [7, 11) is 0. The highest BCUT2D eigenvalue weighted by Gasteiger charge is 2.25. The summed E-state index contributed by atoms with van der Waals surface area (Å²) in [4.78, 5) is 20.2. The minimum absolute atomic E-state index is 0.0891. The number of halogens is 1. The molecule has 0 spiro atoms. The number of aromatic nitrogens is 1. The van der Waals surface area contributed by atoms with Crippen molar-refractivity contribution in [2.45, 2.75) is 6.54 Å². The number of anilines is 1. The first-order valence-electron chi connectivity index (χ1n) is 6.23. The standard InChI is InChI=1S/C12H15BrN4O2/c13-10-5-9-7-17(8-16-1-3-19-4-2-16)12(18)15-11(9)14-6-10/h5-6H,1-4,7-8H2,(H,14,15,18). The summed E-state index contributed by atoms with van der Waals surface area (Å²) in [6.07, 6.45) is 1.69. The Kier molecular flexibility index (Phi) is 3.67. The molecule has 2 aliphatic rings. The molecule has 19 heavy (non-hydrogen) atoms. The molecule has 0 aliphatic carbocycles. The molecule has 0 radical (unpaired) electrons. The summed E-state index contributed by atoms with van der Waals surface area (Å²) in [5.74, 6) is 0.659. The number of urea groups is 1. The Hall–Kier alpha value is -1.18. The van der Waals surface area contributed by atoms with Crippen LogP contribution < -0.4 is 5.32 Å². The fraction of sp³-hybridized carbons (Fsp3) is 0.500. The quantitative estimate of drug-likeness (QED) is 0.894. The summed E-state index contributed by atoms with van der Waals surface area (Å²) in [6.45, 7) is 4.42. The van der Waals surface area contributed by atoms with E-state index in [2.05, 4.69) is 31.1 Å². The Morgan fingerprint density at radius 2 is 2.21 bits per heavy atom. The largest absolute Gasteiger partial charge is 0.379 e. The predicted molar refractivity (Wildman–Crippen MR) is 73.8 cm³/mol. The monoisotopic (exact) mass is 326 g/mol. The number of nitrogens with zero attached hydrogens (tertiary/aromatic N) is 3. The van der Waals surface area contributed by atoms with Crippen LogP contribution in [0.2, 0.25) is 0 Å². The number of morpholine rings is 1. The van der Waals surface area contributed by atoms with Gasteiger partial charge >= 0.3 is 6.03 Å². The molecule has 1 saturated heterocycles. The average molecular weight is 327 g/mol. The molecule has 7 heteroatoms. The Morgan fingerprint density at radius 3 is 3.00 bits per heavy atom. The van der Waals surface area contributed by atoms with Gasteiger partial charge in [-0.2, -0.15) is 0 Å². The van der Waals surface area contributed by atoms with Gasteiger partial charge < -0.3 is 9.64 Å². The number of rotatable bonds is 2. The van der Waals surface area contributed by atoms with E-state index < -0.39 is 0 Å². The van der Waals surface area contributed by atoms with Crippen molar-refractivity contribution in [2.24, 2.45) is 0 Å². The highest BCUT2D eigenvalue weighted by molar-refractivity contribution is 9.10. The first kappa shape index (κ1) is 12.8. The third-order valence-electron chi connectivity index (χ3n) is 3.28. The second-order valence-electron chi connectivity index (χ2n) is 4.66. The highest BCUT2D eigenvalue weighted by Crippen LogP contribution is 2.24. The number of carbonyl (C=O) groups is 1. The van der Waals surface area contributed by atoms with Gasteiger partial charge in [-0.05, 0) is 22.0 Å². The molecule has 6 nitrogen and oxygen atoms in total. The van der Waals surface area contributed by atoms with E-state index in [1.165, 1.54) is 0 Å². The van der Waals surface area contributed by atoms with Gasteiger partial charge in [0.1, 0.15) is 5.82 Å². The van der Waals surface area contributed by atoms with Gasteiger partial charge in [-0.3, -0.25) is 10.2 Å². The van der Waals surface area contributed by atoms with Gasteiger partial charge in [0.2, 0.25) is 0 Å². The van der Waals surface area contributed by atoms with Gasteiger partial charge in [-0.25, -0.2) is 9.78 Å². The van der Waals surface area contributed by atoms with Crippen molar-refractivity contribution in [3.05, 3.63) is 22.3 Å². The maximum absolute atomic E-state index is 12.0. The topological polar surface area (TPSA) is 57.7 Å². The maximum Gasteiger partial charge on any atom is 0.324 e. The van der Waals surface area contributed by atoms with Gasteiger partial charge in [-0.1, -0.05) is 0 Å². The zero-order chi connectivity index (χ0) is 13.2. The van der Waals surface area contributed by atoms with Crippen LogP contribution >= 0.6 is 15.9 Å². The highest BCUT2D eigenvalue weighted by atomic mass is 79.9. The zero-order valence-electron chi connectivity index (χ0n) is 10.4. The number of amides is 2. The van der Waals surface area contributed by atoms with Crippen LogP contribution in [0.5, 0.6) is 0 Å². The average Bonchev–Trinajstić information content (AvgIpc) is 2.41. The number of carbonyl (C=O) groups excluding carboxylic acids is 1. The molecule has 2 amide bonds. The molecule has 0 bridgehead atoms. The molecule has 1 aromatic rings. The summed E-state index contributed by atoms with van der Waals surface area (Å²) in [5, 5.41) is 2.82. The van der Waals surface area contributed by atoms with Gasteiger partial charge in [0, 0.05) is 29.3 Å². The molecule has 1 aromatic heterocycles. The zero-order valence-corrected chi connectivity index (χ0v) is 12.0. The molecule has 3 heterocycles. The number of ether oxygens (including phenoxy) is 1. The fourth-order valence-electron chi connectivity index (χ4n) is 2.27. The van der Waals surface area contributed by atoms with E-state index in [9.17, 15) is 4.79 Å². The van der Waals surface area contributed by atoms with Crippen LogP contribution in [0.4, 0.5) is 10.6 Å². The first-order chi connectivity index (χ1) is 9.22. The number of pyridine rings is 1. The van der Waals surface area contributed by atoms with Crippen molar-refractivity contribution in [3.8, 4) is 0 Å². The van der Waals surface area contributed by atoms with Crippen LogP contribution in [-0.2, 0) is 11.3 Å². The van der Waals surface area contributed by atoms with Crippen LogP contribution in [-0.4, -0.2) is 53.8 Å². The molecule has 0 aromatic carbocycles.